The Hall–Kier alpha value is -0.300. The predicted octanol–water partition coefficient (Wildman–Crippen LogP) is 4.40. The molecule has 2 heteroatoms. The first-order valence-electron chi connectivity index (χ1n) is 4.05. The summed E-state index contributed by atoms with van der Waals surface area (Å²) in [6, 6.07) is 8.16. The van der Waals surface area contributed by atoms with Crippen LogP contribution < -0.4 is 0 Å². The van der Waals surface area contributed by atoms with Gasteiger partial charge in [-0.15, -0.1) is 5.73 Å². The standard InChI is InChI=1S/C11H10Br2/c12-9-3-1-2-4-10-5-7-11(13)8-6-10/h1,4-8H,3,9H2. The van der Waals surface area contributed by atoms with Crippen LogP contribution in [-0.4, -0.2) is 5.33 Å². The molecule has 1 aromatic rings. The van der Waals surface area contributed by atoms with Gasteiger partial charge in [0.15, 0.2) is 0 Å². The molecule has 0 spiro atoms. The van der Waals surface area contributed by atoms with Crippen LogP contribution in [0.1, 0.15) is 12.0 Å². The SMILES string of the molecule is BrCCC=C=Cc1ccc(Br)cc1. The molecule has 1 rings (SSSR count). The first-order chi connectivity index (χ1) is 6.33. The predicted molar refractivity (Wildman–Crippen MR) is 65.1 cm³/mol. The van der Waals surface area contributed by atoms with E-state index in [1.165, 1.54) is 5.56 Å². The van der Waals surface area contributed by atoms with Crippen LogP contribution in [0.3, 0.4) is 0 Å². The summed E-state index contributed by atoms with van der Waals surface area (Å²) in [6.07, 6.45) is 5.03. The van der Waals surface area contributed by atoms with Gasteiger partial charge in [-0.2, -0.15) is 0 Å². The van der Waals surface area contributed by atoms with Crippen molar-refractivity contribution in [1.29, 1.82) is 0 Å². The molecule has 0 saturated carbocycles. The minimum atomic E-state index is 0.994. The van der Waals surface area contributed by atoms with Crippen molar-refractivity contribution in [2.45, 2.75) is 6.42 Å². The van der Waals surface area contributed by atoms with Crippen LogP contribution in [0.25, 0.3) is 6.08 Å². The van der Waals surface area contributed by atoms with Crippen molar-refractivity contribution in [2.75, 3.05) is 5.33 Å². The lowest BCUT2D eigenvalue weighted by molar-refractivity contribution is 1.27. The maximum absolute atomic E-state index is 3.39. The quantitative estimate of drug-likeness (QED) is 0.573. The molecule has 0 atom stereocenters. The van der Waals surface area contributed by atoms with E-state index >= 15 is 0 Å². The molecule has 0 amide bonds. The highest BCUT2D eigenvalue weighted by Gasteiger charge is 1.85. The third-order valence-corrected chi connectivity index (χ3v) is 2.48. The smallest absolute Gasteiger partial charge is 0.0175 e. The number of benzene rings is 1. The molecule has 0 bridgehead atoms. The highest BCUT2D eigenvalue weighted by atomic mass is 79.9. The Kier molecular flexibility index (Phi) is 5.14. The number of allylic oxidation sites excluding steroid dienone is 1. The largest absolute Gasteiger partial charge is 0.125 e. The topological polar surface area (TPSA) is 0 Å². The van der Waals surface area contributed by atoms with E-state index in [1.54, 1.807) is 0 Å². The average Bonchev–Trinajstić information content (AvgIpc) is 2.15. The fraction of sp³-hybridized carbons (Fsp3) is 0.182. The van der Waals surface area contributed by atoms with Gasteiger partial charge in [-0.25, -0.2) is 0 Å². The number of rotatable bonds is 3. The minimum Gasteiger partial charge on any atom is -0.125 e. The Labute approximate surface area is 95.6 Å². The third-order valence-electron chi connectivity index (χ3n) is 1.49. The van der Waals surface area contributed by atoms with E-state index in [1.807, 2.05) is 24.3 Å². The first kappa shape index (κ1) is 10.8. The highest BCUT2D eigenvalue weighted by Crippen LogP contribution is 2.10. The zero-order chi connectivity index (χ0) is 9.52. The Morgan fingerprint density at radius 2 is 1.92 bits per heavy atom. The Bertz CT molecular complexity index is 305. The van der Waals surface area contributed by atoms with Crippen molar-refractivity contribution in [3.8, 4) is 0 Å². The molecule has 0 unspecified atom stereocenters. The molecule has 0 aromatic heterocycles. The molecule has 0 fully saturated rings. The minimum absolute atomic E-state index is 0.994. The van der Waals surface area contributed by atoms with Crippen LogP contribution in [0, 0.1) is 0 Å². The van der Waals surface area contributed by atoms with Crippen LogP contribution in [-0.2, 0) is 0 Å². The van der Waals surface area contributed by atoms with Crippen molar-refractivity contribution in [1.82, 2.24) is 0 Å². The Morgan fingerprint density at radius 3 is 2.54 bits per heavy atom. The molecule has 1 aromatic carbocycles. The van der Waals surface area contributed by atoms with Crippen molar-refractivity contribution in [3.05, 3.63) is 46.1 Å². The molecular formula is C11H10Br2. The molecular weight excluding hydrogens is 292 g/mol. The number of hydrogen-bond acceptors (Lipinski definition) is 0. The monoisotopic (exact) mass is 300 g/mol. The summed E-state index contributed by atoms with van der Waals surface area (Å²) in [5, 5.41) is 0.994. The zero-order valence-electron chi connectivity index (χ0n) is 7.13. The summed E-state index contributed by atoms with van der Waals surface area (Å²) >= 11 is 6.74. The molecule has 0 heterocycles. The number of hydrogen-bond donors (Lipinski definition) is 0. The van der Waals surface area contributed by atoms with Crippen molar-refractivity contribution >= 4 is 37.9 Å². The summed E-state index contributed by atoms with van der Waals surface area (Å²) < 4.78 is 1.11. The van der Waals surface area contributed by atoms with Gasteiger partial charge in [0.05, 0.1) is 0 Å². The van der Waals surface area contributed by atoms with Gasteiger partial charge in [-0.1, -0.05) is 44.0 Å². The van der Waals surface area contributed by atoms with Gasteiger partial charge in [0.2, 0.25) is 0 Å². The molecule has 0 saturated heterocycles. The fourth-order valence-electron chi connectivity index (χ4n) is 0.852. The van der Waals surface area contributed by atoms with Crippen LogP contribution in [0.5, 0.6) is 0 Å². The highest BCUT2D eigenvalue weighted by molar-refractivity contribution is 9.10. The van der Waals surface area contributed by atoms with E-state index < -0.39 is 0 Å². The van der Waals surface area contributed by atoms with E-state index in [9.17, 15) is 0 Å². The van der Waals surface area contributed by atoms with Gasteiger partial charge in [0.1, 0.15) is 0 Å². The maximum atomic E-state index is 3.39. The first-order valence-corrected chi connectivity index (χ1v) is 5.97. The summed E-state index contributed by atoms with van der Waals surface area (Å²) in [7, 11) is 0. The molecule has 0 radical (unpaired) electrons. The van der Waals surface area contributed by atoms with Crippen LogP contribution in [0.4, 0.5) is 0 Å². The van der Waals surface area contributed by atoms with Crippen molar-refractivity contribution in [2.24, 2.45) is 0 Å². The summed E-state index contributed by atoms with van der Waals surface area (Å²) in [5.74, 6) is 0. The average molecular weight is 302 g/mol. The van der Waals surface area contributed by atoms with E-state index in [2.05, 4.69) is 49.7 Å². The Morgan fingerprint density at radius 1 is 1.23 bits per heavy atom. The lowest BCUT2D eigenvalue weighted by Gasteiger charge is -1.90. The molecule has 13 heavy (non-hydrogen) atoms. The second-order valence-electron chi connectivity index (χ2n) is 2.54. The van der Waals surface area contributed by atoms with Crippen molar-refractivity contribution < 1.29 is 0 Å². The second kappa shape index (κ2) is 6.20. The molecule has 0 aliphatic carbocycles. The van der Waals surface area contributed by atoms with E-state index in [-0.39, 0.29) is 0 Å². The summed E-state index contributed by atoms with van der Waals surface area (Å²) in [5.41, 5.74) is 4.30. The van der Waals surface area contributed by atoms with Gasteiger partial charge in [0, 0.05) is 9.80 Å². The van der Waals surface area contributed by atoms with Crippen LogP contribution in [0.2, 0.25) is 0 Å². The maximum Gasteiger partial charge on any atom is 0.0175 e. The van der Waals surface area contributed by atoms with Gasteiger partial charge in [-0.05, 0) is 36.3 Å². The van der Waals surface area contributed by atoms with Crippen LogP contribution in [0.15, 0.2) is 40.5 Å². The normalized spacial score (nSPS) is 9.08. The number of halogens is 2. The van der Waals surface area contributed by atoms with E-state index in [0.29, 0.717) is 0 Å². The zero-order valence-corrected chi connectivity index (χ0v) is 10.3. The number of alkyl halides is 1. The van der Waals surface area contributed by atoms with Gasteiger partial charge >= 0.3 is 0 Å². The summed E-state index contributed by atoms with van der Waals surface area (Å²) in [4.78, 5) is 0. The van der Waals surface area contributed by atoms with Gasteiger partial charge in [-0.3, -0.25) is 0 Å². The Balaban J connectivity index is 2.64. The molecule has 0 N–H and O–H groups in total. The third kappa shape index (κ3) is 4.47. The fourth-order valence-corrected chi connectivity index (χ4v) is 1.35. The second-order valence-corrected chi connectivity index (χ2v) is 4.25. The van der Waals surface area contributed by atoms with E-state index in [4.69, 9.17) is 0 Å². The molecule has 0 aliphatic heterocycles. The van der Waals surface area contributed by atoms with E-state index in [0.717, 1.165) is 16.2 Å². The summed E-state index contributed by atoms with van der Waals surface area (Å²) in [6.45, 7) is 0. The van der Waals surface area contributed by atoms with Crippen molar-refractivity contribution in [3.63, 3.8) is 0 Å². The van der Waals surface area contributed by atoms with Gasteiger partial charge < -0.3 is 0 Å². The lowest BCUT2D eigenvalue weighted by atomic mass is 10.2. The molecule has 0 aliphatic rings. The molecule has 68 valence electrons. The van der Waals surface area contributed by atoms with Crippen LogP contribution >= 0.6 is 31.9 Å². The van der Waals surface area contributed by atoms with Gasteiger partial charge in [0.25, 0.3) is 0 Å². The molecule has 0 nitrogen and oxygen atoms in total. The lowest BCUT2D eigenvalue weighted by Crippen LogP contribution is -1.69.